The van der Waals surface area contributed by atoms with Crippen LogP contribution in [-0.4, -0.2) is 23.9 Å². The van der Waals surface area contributed by atoms with Crippen molar-refractivity contribution in [3.05, 3.63) is 24.3 Å². The van der Waals surface area contributed by atoms with Crippen molar-refractivity contribution in [1.82, 2.24) is 4.90 Å². The predicted octanol–water partition coefficient (Wildman–Crippen LogP) is 1.35. The van der Waals surface area contributed by atoms with Gasteiger partial charge in [0, 0.05) is 14.0 Å². The highest BCUT2D eigenvalue weighted by molar-refractivity contribution is 5.73. The fourth-order valence-corrected chi connectivity index (χ4v) is 1.09. The van der Waals surface area contributed by atoms with Crippen LogP contribution in [0.15, 0.2) is 24.3 Å². The van der Waals surface area contributed by atoms with Gasteiger partial charge < -0.3 is 4.90 Å². The second-order valence-electron chi connectivity index (χ2n) is 2.75. The van der Waals surface area contributed by atoms with Crippen LogP contribution in [0.5, 0.6) is 0 Å². The third-order valence-corrected chi connectivity index (χ3v) is 1.95. The highest BCUT2D eigenvalue weighted by Gasteiger charge is 2.12. The topological polar surface area (TPSA) is 20.3 Å². The highest BCUT2D eigenvalue weighted by Crippen LogP contribution is 2.09. The van der Waals surface area contributed by atoms with Gasteiger partial charge in [-0.1, -0.05) is 24.3 Å². The summed E-state index contributed by atoms with van der Waals surface area (Å²) in [4.78, 5) is 12.7. The first kappa shape index (κ1) is 8.05. The molecule has 0 aliphatic heterocycles. The van der Waals surface area contributed by atoms with Crippen LogP contribution in [0.2, 0.25) is 0 Å². The zero-order chi connectivity index (χ0) is 8.27. The van der Waals surface area contributed by atoms with Crippen LogP contribution in [0, 0.1) is 0 Å². The maximum Gasteiger partial charge on any atom is 0.219 e. The van der Waals surface area contributed by atoms with E-state index in [1.54, 1.807) is 11.8 Å². The zero-order valence-corrected chi connectivity index (χ0v) is 6.95. The van der Waals surface area contributed by atoms with Gasteiger partial charge in [-0.3, -0.25) is 4.79 Å². The fourth-order valence-electron chi connectivity index (χ4n) is 1.09. The van der Waals surface area contributed by atoms with Gasteiger partial charge in [0.25, 0.3) is 0 Å². The van der Waals surface area contributed by atoms with E-state index in [2.05, 4.69) is 6.08 Å². The third-order valence-electron chi connectivity index (χ3n) is 1.95. The number of allylic oxidation sites excluding steroid dienone is 2. The fraction of sp³-hybridized carbons (Fsp3) is 0.444. The van der Waals surface area contributed by atoms with E-state index >= 15 is 0 Å². The maximum absolute atomic E-state index is 10.9. The molecule has 0 fully saturated rings. The first-order valence-electron chi connectivity index (χ1n) is 3.78. The van der Waals surface area contributed by atoms with E-state index in [0.717, 1.165) is 6.42 Å². The van der Waals surface area contributed by atoms with Gasteiger partial charge in [0.1, 0.15) is 0 Å². The van der Waals surface area contributed by atoms with Crippen molar-refractivity contribution in [3.8, 4) is 0 Å². The molecule has 1 unspecified atom stereocenters. The number of hydrogen-bond acceptors (Lipinski definition) is 1. The summed E-state index contributed by atoms with van der Waals surface area (Å²) < 4.78 is 0. The molecular weight excluding hydrogens is 138 g/mol. The summed E-state index contributed by atoms with van der Waals surface area (Å²) in [6, 6.07) is 0.262. The Kier molecular flexibility index (Phi) is 2.47. The summed E-state index contributed by atoms with van der Waals surface area (Å²) in [5.74, 6) is 0.120. The number of hydrogen-bond donors (Lipinski definition) is 0. The number of amides is 1. The van der Waals surface area contributed by atoms with Crippen LogP contribution in [0.3, 0.4) is 0 Å². The molecule has 0 N–H and O–H groups in total. The van der Waals surface area contributed by atoms with Gasteiger partial charge in [-0.05, 0) is 6.42 Å². The molecule has 0 aromatic rings. The van der Waals surface area contributed by atoms with Gasteiger partial charge >= 0.3 is 0 Å². The molecule has 1 atom stereocenters. The quantitative estimate of drug-likeness (QED) is 0.554. The molecule has 0 spiro atoms. The molecular formula is C9H13NO. The molecule has 2 nitrogen and oxygen atoms in total. The Morgan fingerprint density at radius 2 is 2.27 bits per heavy atom. The van der Waals surface area contributed by atoms with Gasteiger partial charge in [0.15, 0.2) is 0 Å². The molecule has 0 aromatic carbocycles. The summed E-state index contributed by atoms with van der Waals surface area (Å²) in [6.45, 7) is 1.59. The second-order valence-corrected chi connectivity index (χ2v) is 2.75. The molecule has 11 heavy (non-hydrogen) atoms. The maximum atomic E-state index is 10.9. The minimum Gasteiger partial charge on any atom is -0.339 e. The molecule has 0 bridgehead atoms. The van der Waals surface area contributed by atoms with Crippen LogP contribution in [0.25, 0.3) is 0 Å². The molecule has 1 aliphatic rings. The first-order valence-corrected chi connectivity index (χ1v) is 3.78. The van der Waals surface area contributed by atoms with Crippen molar-refractivity contribution in [2.24, 2.45) is 0 Å². The van der Waals surface area contributed by atoms with Crippen molar-refractivity contribution >= 4 is 5.91 Å². The number of carbonyl (C=O) groups excluding carboxylic acids is 1. The van der Waals surface area contributed by atoms with Crippen LogP contribution < -0.4 is 0 Å². The lowest BCUT2D eigenvalue weighted by atomic mass is 10.1. The number of carbonyl (C=O) groups is 1. The SMILES string of the molecule is CC(=O)N(C)C1C=CC=CC1. The summed E-state index contributed by atoms with van der Waals surface area (Å²) in [5.41, 5.74) is 0. The lowest BCUT2D eigenvalue weighted by Gasteiger charge is -2.24. The molecule has 60 valence electrons. The summed E-state index contributed by atoms with van der Waals surface area (Å²) in [6.07, 6.45) is 9.04. The van der Waals surface area contributed by atoms with Crippen LogP contribution in [-0.2, 0) is 4.79 Å². The van der Waals surface area contributed by atoms with Gasteiger partial charge in [-0.2, -0.15) is 0 Å². The normalized spacial score (nSPS) is 21.8. The zero-order valence-electron chi connectivity index (χ0n) is 6.95. The Morgan fingerprint density at radius 1 is 1.55 bits per heavy atom. The van der Waals surface area contributed by atoms with E-state index < -0.39 is 0 Å². The minimum atomic E-state index is 0.120. The van der Waals surface area contributed by atoms with Gasteiger partial charge in [-0.15, -0.1) is 0 Å². The summed E-state index contributed by atoms with van der Waals surface area (Å²) in [7, 11) is 1.83. The van der Waals surface area contributed by atoms with Crippen molar-refractivity contribution in [3.63, 3.8) is 0 Å². The minimum absolute atomic E-state index is 0.120. The monoisotopic (exact) mass is 151 g/mol. The standard InChI is InChI=1S/C9H13NO/c1-8(11)10(2)9-6-4-3-5-7-9/h3-6,9H,7H2,1-2H3. The Morgan fingerprint density at radius 3 is 2.73 bits per heavy atom. The first-order chi connectivity index (χ1) is 5.22. The molecule has 0 aromatic heterocycles. The third kappa shape index (κ3) is 1.93. The Labute approximate surface area is 67.2 Å². The predicted molar refractivity (Wildman–Crippen MR) is 45.1 cm³/mol. The van der Waals surface area contributed by atoms with Gasteiger partial charge in [0.05, 0.1) is 6.04 Å². The summed E-state index contributed by atoms with van der Waals surface area (Å²) >= 11 is 0. The lowest BCUT2D eigenvalue weighted by molar-refractivity contribution is -0.128. The van der Waals surface area contributed by atoms with Crippen molar-refractivity contribution in [2.75, 3.05) is 7.05 Å². The Balaban J connectivity index is 2.55. The number of nitrogens with zero attached hydrogens (tertiary/aromatic N) is 1. The molecule has 0 radical (unpaired) electrons. The molecule has 2 heteroatoms. The van der Waals surface area contributed by atoms with E-state index in [1.807, 2.05) is 25.3 Å². The van der Waals surface area contributed by atoms with Gasteiger partial charge in [-0.25, -0.2) is 0 Å². The van der Waals surface area contributed by atoms with Crippen molar-refractivity contribution in [1.29, 1.82) is 0 Å². The van der Waals surface area contributed by atoms with Crippen LogP contribution in [0.4, 0.5) is 0 Å². The molecule has 0 saturated carbocycles. The van der Waals surface area contributed by atoms with Gasteiger partial charge in [0.2, 0.25) is 5.91 Å². The van der Waals surface area contributed by atoms with Crippen LogP contribution >= 0.6 is 0 Å². The molecule has 1 amide bonds. The average Bonchev–Trinajstić information content (AvgIpc) is 2.05. The second kappa shape index (κ2) is 3.37. The van der Waals surface area contributed by atoms with E-state index in [-0.39, 0.29) is 11.9 Å². The number of rotatable bonds is 1. The van der Waals surface area contributed by atoms with E-state index in [1.165, 1.54) is 0 Å². The Bertz CT molecular complexity index is 206. The van der Waals surface area contributed by atoms with E-state index in [0.29, 0.717) is 0 Å². The highest BCUT2D eigenvalue weighted by atomic mass is 16.2. The van der Waals surface area contributed by atoms with E-state index in [4.69, 9.17) is 0 Å². The smallest absolute Gasteiger partial charge is 0.219 e. The van der Waals surface area contributed by atoms with Crippen molar-refractivity contribution < 1.29 is 4.79 Å². The Hall–Kier alpha value is -1.05. The molecule has 0 saturated heterocycles. The molecule has 1 rings (SSSR count). The van der Waals surface area contributed by atoms with Crippen molar-refractivity contribution in [2.45, 2.75) is 19.4 Å². The molecule has 1 aliphatic carbocycles. The van der Waals surface area contributed by atoms with E-state index in [9.17, 15) is 4.79 Å². The largest absolute Gasteiger partial charge is 0.339 e. The van der Waals surface area contributed by atoms with Crippen LogP contribution in [0.1, 0.15) is 13.3 Å². The molecule has 0 heterocycles. The number of likely N-dealkylation sites (N-methyl/N-ethyl adjacent to an activating group) is 1. The lowest BCUT2D eigenvalue weighted by Crippen LogP contribution is -2.34. The summed E-state index contributed by atoms with van der Waals surface area (Å²) in [5, 5.41) is 0. The average molecular weight is 151 g/mol.